The van der Waals surface area contributed by atoms with Gasteiger partial charge in [-0.1, -0.05) is 98.8 Å². The average Bonchev–Trinajstić information content (AvgIpc) is 3.40. The number of fused-ring (bicyclic) bond motifs is 1. The van der Waals surface area contributed by atoms with Gasteiger partial charge in [0, 0.05) is 17.5 Å². The first-order chi connectivity index (χ1) is 20.0. The number of hydrogen-bond donors (Lipinski definition) is 2. The van der Waals surface area contributed by atoms with E-state index in [1.54, 1.807) is 0 Å². The van der Waals surface area contributed by atoms with Crippen LogP contribution in [0.1, 0.15) is 40.9 Å². The van der Waals surface area contributed by atoms with Gasteiger partial charge in [0.1, 0.15) is 23.7 Å². The number of nitriles is 1. The SMILES string of the molecule is CC(C)CNNC(=O)c1c(-c2ccc(C(C#N)=Cc3ccc(OCc4ccccc4)cc3)cc2)oc2ccccc12. The molecule has 0 aliphatic heterocycles. The number of furan rings is 1. The fourth-order valence-electron chi connectivity index (χ4n) is 4.42. The highest BCUT2D eigenvalue weighted by atomic mass is 16.5. The molecule has 0 saturated carbocycles. The first-order valence-corrected chi connectivity index (χ1v) is 13.6. The zero-order chi connectivity index (χ0) is 28.6. The summed E-state index contributed by atoms with van der Waals surface area (Å²) >= 11 is 0. The Hall–Kier alpha value is -5.12. The van der Waals surface area contributed by atoms with Crippen molar-refractivity contribution in [3.05, 3.63) is 125 Å². The minimum absolute atomic E-state index is 0.261. The highest BCUT2D eigenvalue weighted by Gasteiger charge is 2.22. The van der Waals surface area contributed by atoms with Crippen molar-refractivity contribution in [1.29, 1.82) is 5.26 Å². The third-order valence-corrected chi connectivity index (χ3v) is 6.55. The summed E-state index contributed by atoms with van der Waals surface area (Å²) in [5, 5.41) is 10.6. The molecule has 0 unspecified atom stereocenters. The van der Waals surface area contributed by atoms with Gasteiger partial charge in [0.15, 0.2) is 0 Å². The highest BCUT2D eigenvalue weighted by molar-refractivity contribution is 6.11. The van der Waals surface area contributed by atoms with E-state index >= 15 is 0 Å². The summed E-state index contributed by atoms with van der Waals surface area (Å²) in [6.45, 7) is 5.28. The predicted molar refractivity (Wildman–Crippen MR) is 163 cm³/mol. The van der Waals surface area contributed by atoms with E-state index in [0.29, 0.717) is 41.5 Å². The van der Waals surface area contributed by atoms with E-state index in [4.69, 9.17) is 9.15 Å². The number of rotatable bonds is 10. The van der Waals surface area contributed by atoms with Crippen molar-refractivity contribution in [2.24, 2.45) is 5.92 Å². The van der Waals surface area contributed by atoms with Crippen LogP contribution in [0.3, 0.4) is 0 Å². The van der Waals surface area contributed by atoms with Gasteiger partial charge in [0.25, 0.3) is 5.91 Å². The number of hydrogen-bond acceptors (Lipinski definition) is 5. The topological polar surface area (TPSA) is 87.3 Å². The summed E-state index contributed by atoms with van der Waals surface area (Å²) in [6, 6.07) is 34.9. The van der Waals surface area contributed by atoms with Crippen molar-refractivity contribution < 1.29 is 13.9 Å². The zero-order valence-electron chi connectivity index (χ0n) is 23.1. The molecule has 204 valence electrons. The van der Waals surface area contributed by atoms with E-state index in [1.807, 2.05) is 109 Å². The van der Waals surface area contributed by atoms with Crippen LogP contribution in [0.2, 0.25) is 0 Å². The zero-order valence-corrected chi connectivity index (χ0v) is 23.1. The van der Waals surface area contributed by atoms with Crippen molar-refractivity contribution in [3.63, 3.8) is 0 Å². The van der Waals surface area contributed by atoms with Crippen molar-refractivity contribution >= 4 is 28.5 Å². The quantitative estimate of drug-likeness (QED) is 0.108. The van der Waals surface area contributed by atoms with Crippen LogP contribution in [0.25, 0.3) is 33.9 Å². The van der Waals surface area contributed by atoms with Crippen molar-refractivity contribution in [1.82, 2.24) is 10.9 Å². The first-order valence-electron chi connectivity index (χ1n) is 13.6. The molecule has 0 spiro atoms. The molecule has 1 amide bonds. The van der Waals surface area contributed by atoms with E-state index in [0.717, 1.165) is 33.4 Å². The molecule has 5 aromatic rings. The number of benzene rings is 4. The number of nitrogens with one attached hydrogen (secondary N) is 2. The number of hydrazine groups is 1. The van der Waals surface area contributed by atoms with Crippen molar-refractivity contribution in [3.8, 4) is 23.1 Å². The Balaban J connectivity index is 1.35. The van der Waals surface area contributed by atoms with Crippen LogP contribution in [0.15, 0.2) is 108 Å². The Bertz CT molecular complexity index is 1690. The van der Waals surface area contributed by atoms with Crippen LogP contribution in [0.5, 0.6) is 5.75 Å². The van der Waals surface area contributed by atoms with Crippen LogP contribution in [0, 0.1) is 17.2 Å². The Morgan fingerprint density at radius 3 is 2.34 bits per heavy atom. The second-order valence-corrected chi connectivity index (χ2v) is 10.1. The fraction of sp³-hybridized carbons (Fsp3) is 0.143. The maximum Gasteiger partial charge on any atom is 0.269 e. The lowest BCUT2D eigenvalue weighted by Gasteiger charge is -2.10. The standard InChI is InChI=1S/C35H31N3O3/c1-24(2)22-37-38-35(39)33-31-10-6-7-11-32(31)41-34(33)28-16-14-27(15-17-28)29(21-36)20-25-12-18-30(19-13-25)40-23-26-8-4-3-5-9-26/h3-20,24,37H,22-23H2,1-2H3,(H,38,39). The normalized spacial score (nSPS) is 11.4. The number of ether oxygens (including phenoxy) is 1. The molecule has 6 heteroatoms. The number of allylic oxidation sites excluding steroid dienone is 1. The molecule has 41 heavy (non-hydrogen) atoms. The number of nitrogens with zero attached hydrogens (tertiary/aromatic N) is 1. The number of amides is 1. The lowest BCUT2D eigenvalue weighted by atomic mass is 10.00. The van der Waals surface area contributed by atoms with Gasteiger partial charge < -0.3 is 9.15 Å². The van der Waals surface area contributed by atoms with Gasteiger partial charge in [0.05, 0.1) is 17.2 Å². The maximum absolute atomic E-state index is 13.2. The van der Waals surface area contributed by atoms with Crippen molar-refractivity contribution in [2.45, 2.75) is 20.5 Å². The minimum Gasteiger partial charge on any atom is -0.489 e. The first kappa shape index (κ1) is 27.4. The van der Waals surface area contributed by atoms with E-state index in [9.17, 15) is 10.1 Å². The third-order valence-electron chi connectivity index (χ3n) is 6.55. The molecule has 0 radical (unpaired) electrons. The summed E-state index contributed by atoms with van der Waals surface area (Å²) in [7, 11) is 0. The fourth-order valence-corrected chi connectivity index (χ4v) is 4.42. The molecule has 1 heterocycles. The predicted octanol–water partition coefficient (Wildman–Crippen LogP) is 7.63. The largest absolute Gasteiger partial charge is 0.489 e. The molecule has 5 rings (SSSR count). The Kier molecular flexibility index (Phi) is 8.58. The van der Waals surface area contributed by atoms with Gasteiger partial charge in [-0.05, 0) is 46.9 Å². The summed E-state index contributed by atoms with van der Waals surface area (Å²) in [5.41, 5.74) is 10.9. The molecule has 6 nitrogen and oxygen atoms in total. The summed E-state index contributed by atoms with van der Waals surface area (Å²) < 4.78 is 12.0. The molecule has 1 aromatic heterocycles. The average molecular weight is 542 g/mol. The van der Waals surface area contributed by atoms with E-state index < -0.39 is 0 Å². The second kappa shape index (κ2) is 12.8. The number of carbonyl (C=O) groups is 1. The van der Waals surface area contributed by atoms with Gasteiger partial charge in [-0.15, -0.1) is 0 Å². The molecule has 0 aliphatic carbocycles. The van der Waals surface area contributed by atoms with E-state index in [1.165, 1.54) is 0 Å². The Morgan fingerprint density at radius 2 is 1.63 bits per heavy atom. The van der Waals surface area contributed by atoms with Crippen LogP contribution in [-0.2, 0) is 6.61 Å². The monoisotopic (exact) mass is 541 g/mol. The van der Waals surface area contributed by atoms with Crippen LogP contribution < -0.4 is 15.6 Å². The van der Waals surface area contributed by atoms with Gasteiger partial charge in [0.2, 0.25) is 0 Å². The number of para-hydroxylation sites is 1. The summed E-state index contributed by atoms with van der Waals surface area (Å²) in [6.07, 6.45) is 1.84. The Morgan fingerprint density at radius 1 is 0.927 bits per heavy atom. The molecule has 0 aliphatic rings. The molecule has 0 saturated heterocycles. The minimum atomic E-state index is -0.261. The number of carbonyl (C=O) groups excluding carboxylic acids is 1. The van der Waals surface area contributed by atoms with Gasteiger partial charge in [-0.2, -0.15) is 5.26 Å². The second-order valence-electron chi connectivity index (χ2n) is 10.1. The smallest absolute Gasteiger partial charge is 0.269 e. The molecule has 0 bridgehead atoms. The van der Waals surface area contributed by atoms with E-state index in [-0.39, 0.29) is 5.91 Å². The van der Waals surface area contributed by atoms with E-state index in [2.05, 4.69) is 30.8 Å². The van der Waals surface area contributed by atoms with Crippen LogP contribution >= 0.6 is 0 Å². The molecule has 0 fully saturated rings. The lowest BCUT2D eigenvalue weighted by Crippen LogP contribution is -2.39. The molecule has 4 aromatic carbocycles. The van der Waals surface area contributed by atoms with Gasteiger partial charge in [-0.3, -0.25) is 10.2 Å². The van der Waals surface area contributed by atoms with Crippen molar-refractivity contribution in [2.75, 3.05) is 6.54 Å². The third kappa shape index (κ3) is 6.73. The van der Waals surface area contributed by atoms with Gasteiger partial charge >= 0.3 is 0 Å². The molecular weight excluding hydrogens is 510 g/mol. The lowest BCUT2D eigenvalue weighted by molar-refractivity contribution is 0.0933. The maximum atomic E-state index is 13.2. The van der Waals surface area contributed by atoms with Crippen LogP contribution in [-0.4, -0.2) is 12.5 Å². The Labute approximate surface area is 239 Å². The summed E-state index contributed by atoms with van der Waals surface area (Å²) in [4.78, 5) is 13.2. The highest BCUT2D eigenvalue weighted by Crippen LogP contribution is 2.34. The van der Waals surface area contributed by atoms with Gasteiger partial charge in [-0.25, -0.2) is 5.43 Å². The molecular formula is C35H31N3O3. The molecule has 2 N–H and O–H groups in total. The molecule has 0 atom stereocenters. The van der Waals surface area contributed by atoms with Crippen LogP contribution in [0.4, 0.5) is 0 Å². The summed E-state index contributed by atoms with van der Waals surface area (Å²) in [5.74, 6) is 1.37.